The van der Waals surface area contributed by atoms with E-state index in [0.29, 0.717) is 0 Å². The maximum absolute atomic E-state index is 10.9. The van der Waals surface area contributed by atoms with E-state index in [1.54, 1.807) is 0 Å². The molecule has 0 saturated heterocycles. The minimum atomic E-state index is -0.913. The van der Waals surface area contributed by atoms with E-state index in [2.05, 4.69) is 25.8 Å². The Hall–Kier alpha value is -1.12. The third kappa shape index (κ3) is 2.22. The van der Waals surface area contributed by atoms with Crippen molar-refractivity contribution in [1.29, 1.82) is 0 Å². The summed E-state index contributed by atoms with van der Waals surface area (Å²) in [6, 6.07) is 0. The van der Waals surface area contributed by atoms with Crippen molar-refractivity contribution in [2.45, 2.75) is 40.5 Å². The van der Waals surface area contributed by atoms with Crippen molar-refractivity contribution in [2.75, 3.05) is 0 Å². The molecular weight excluding hydrogens is 178 g/mol. The molecule has 1 heterocycles. The van der Waals surface area contributed by atoms with Crippen molar-refractivity contribution in [1.82, 2.24) is 0 Å². The molecule has 0 radical (unpaired) electrons. The lowest BCUT2D eigenvalue weighted by Gasteiger charge is -2.25. The third-order valence-electron chi connectivity index (χ3n) is 2.46. The Balaban J connectivity index is 3.07. The zero-order valence-corrected chi connectivity index (χ0v) is 9.22. The van der Waals surface area contributed by atoms with Crippen molar-refractivity contribution >= 4 is 11.7 Å². The van der Waals surface area contributed by atoms with Crippen molar-refractivity contribution in [2.24, 2.45) is 10.4 Å². The molecule has 0 aromatic carbocycles. The summed E-state index contributed by atoms with van der Waals surface area (Å²) in [7, 11) is 0. The molecular formula is C11H17NO2. The lowest BCUT2D eigenvalue weighted by molar-refractivity contribution is -0.132. The van der Waals surface area contributed by atoms with E-state index < -0.39 is 5.97 Å². The van der Waals surface area contributed by atoms with E-state index >= 15 is 0 Å². The van der Waals surface area contributed by atoms with Crippen LogP contribution in [0.1, 0.15) is 40.5 Å². The molecule has 0 aromatic heterocycles. The highest BCUT2D eigenvalue weighted by Gasteiger charge is 2.24. The molecule has 1 rings (SSSR count). The number of aliphatic imine (C=N–C) groups is 1. The molecule has 0 fully saturated rings. The van der Waals surface area contributed by atoms with E-state index in [0.717, 1.165) is 24.1 Å². The summed E-state index contributed by atoms with van der Waals surface area (Å²) in [5, 5.41) is 8.93. The normalized spacial score (nSPS) is 18.1. The number of carboxylic acid groups (broad SMARTS) is 1. The maximum Gasteiger partial charge on any atom is 0.354 e. The highest BCUT2D eigenvalue weighted by atomic mass is 16.4. The van der Waals surface area contributed by atoms with Crippen LogP contribution >= 0.6 is 0 Å². The lowest BCUT2D eigenvalue weighted by Crippen LogP contribution is -2.24. The van der Waals surface area contributed by atoms with Crippen LogP contribution < -0.4 is 0 Å². The summed E-state index contributed by atoms with van der Waals surface area (Å²) in [5.74, 6) is -0.913. The fraction of sp³-hybridized carbons (Fsp3) is 0.636. The van der Waals surface area contributed by atoms with Crippen LogP contribution in [0, 0.1) is 5.41 Å². The molecule has 0 saturated carbocycles. The van der Waals surface area contributed by atoms with Crippen molar-refractivity contribution in [3.63, 3.8) is 0 Å². The number of aliphatic carboxylic acids is 1. The van der Waals surface area contributed by atoms with E-state index in [9.17, 15) is 4.79 Å². The summed E-state index contributed by atoms with van der Waals surface area (Å²) in [5.41, 5.74) is 2.08. The van der Waals surface area contributed by atoms with Gasteiger partial charge >= 0.3 is 5.97 Å². The standard InChI is InChI=1S/C11H17NO2/c1-7-5-6-8(11(2,3)4)12-9(7)10(13)14/h5-6H2,1-4H3,(H,13,14). The number of hydrogen-bond acceptors (Lipinski definition) is 2. The second-order valence-corrected chi connectivity index (χ2v) is 4.74. The van der Waals surface area contributed by atoms with Gasteiger partial charge in [-0.05, 0) is 25.3 Å². The first-order chi connectivity index (χ1) is 6.32. The minimum absolute atomic E-state index is 0.0264. The predicted octanol–water partition coefficient (Wildman–Crippen LogP) is 2.63. The van der Waals surface area contributed by atoms with Gasteiger partial charge in [0.25, 0.3) is 0 Å². The Labute approximate surface area is 84.5 Å². The lowest BCUT2D eigenvalue weighted by atomic mass is 9.84. The van der Waals surface area contributed by atoms with Crippen LogP contribution in [0.25, 0.3) is 0 Å². The first-order valence-electron chi connectivity index (χ1n) is 4.83. The smallest absolute Gasteiger partial charge is 0.354 e. The van der Waals surface area contributed by atoms with Crippen LogP contribution in [0.3, 0.4) is 0 Å². The van der Waals surface area contributed by atoms with Crippen molar-refractivity contribution < 1.29 is 9.90 Å². The van der Waals surface area contributed by atoms with Gasteiger partial charge < -0.3 is 5.11 Å². The Morgan fingerprint density at radius 1 is 1.36 bits per heavy atom. The molecule has 1 N–H and O–H groups in total. The van der Waals surface area contributed by atoms with Gasteiger partial charge in [0, 0.05) is 11.1 Å². The number of carboxylic acids is 1. The second-order valence-electron chi connectivity index (χ2n) is 4.74. The summed E-state index contributed by atoms with van der Waals surface area (Å²) in [6.45, 7) is 8.02. The van der Waals surface area contributed by atoms with Gasteiger partial charge in [-0.1, -0.05) is 20.8 Å². The van der Waals surface area contributed by atoms with Crippen LogP contribution in [0.2, 0.25) is 0 Å². The number of rotatable bonds is 1. The fourth-order valence-electron chi connectivity index (χ4n) is 1.48. The number of allylic oxidation sites excluding steroid dienone is 1. The summed E-state index contributed by atoms with van der Waals surface area (Å²) >= 11 is 0. The minimum Gasteiger partial charge on any atom is -0.477 e. The predicted molar refractivity (Wildman–Crippen MR) is 56.5 cm³/mol. The van der Waals surface area contributed by atoms with Gasteiger partial charge in [0.2, 0.25) is 0 Å². The molecule has 1 aliphatic heterocycles. The number of carbonyl (C=O) groups is 1. The summed E-state index contributed by atoms with van der Waals surface area (Å²) in [6.07, 6.45) is 1.70. The van der Waals surface area contributed by atoms with E-state index in [4.69, 9.17) is 5.11 Å². The largest absolute Gasteiger partial charge is 0.477 e. The maximum atomic E-state index is 10.9. The molecule has 0 unspecified atom stereocenters. The second kappa shape index (κ2) is 3.56. The molecule has 0 aliphatic carbocycles. The quantitative estimate of drug-likeness (QED) is 0.699. The van der Waals surface area contributed by atoms with Gasteiger partial charge in [-0.15, -0.1) is 0 Å². The first kappa shape index (κ1) is 11.0. The fourth-order valence-corrected chi connectivity index (χ4v) is 1.48. The number of nitrogens with zero attached hydrogens (tertiary/aromatic N) is 1. The van der Waals surface area contributed by atoms with Gasteiger partial charge in [0.05, 0.1) is 0 Å². The van der Waals surface area contributed by atoms with Crippen LogP contribution in [-0.4, -0.2) is 16.8 Å². The van der Waals surface area contributed by atoms with Crippen molar-refractivity contribution in [3.05, 3.63) is 11.3 Å². The zero-order valence-electron chi connectivity index (χ0n) is 9.22. The molecule has 1 aliphatic rings. The van der Waals surface area contributed by atoms with Crippen LogP contribution in [0.15, 0.2) is 16.3 Å². The van der Waals surface area contributed by atoms with Gasteiger partial charge in [-0.25, -0.2) is 9.79 Å². The molecule has 78 valence electrons. The Morgan fingerprint density at radius 3 is 2.36 bits per heavy atom. The third-order valence-corrected chi connectivity index (χ3v) is 2.46. The first-order valence-corrected chi connectivity index (χ1v) is 4.83. The summed E-state index contributed by atoms with van der Waals surface area (Å²) in [4.78, 5) is 15.1. The molecule has 0 spiro atoms. The van der Waals surface area contributed by atoms with E-state index in [1.807, 2.05) is 6.92 Å². The molecule has 0 aromatic rings. The topological polar surface area (TPSA) is 49.7 Å². The van der Waals surface area contributed by atoms with Gasteiger partial charge in [-0.3, -0.25) is 0 Å². The Kier molecular flexibility index (Phi) is 2.79. The number of hydrogen-bond donors (Lipinski definition) is 1. The molecule has 0 atom stereocenters. The highest BCUT2D eigenvalue weighted by molar-refractivity contribution is 5.97. The SMILES string of the molecule is CC1=C(C(=O)O)N=C(C(C)(C)C)CC1. The Morgan fingerprint density at radius 2 is 1.93 bits per heavy atom. The van der Waals surface area contributed by atoms with Gasteiger partial charge in [0.15, 0.2) is 0 Å². The summed E-state index contributed by atoms with van der Waals surface area (Å²) < 4.78 is 0. The van der Waals surface area contributed by atoms with Crippen molar-refractivity contribution in [3.8, 4) is 0 Å². The molecule has 14 heavy (non-hydrogen) atoms. The van der Waals surface area contributed by atoms with E-state index in [1.165, 1.54) is 0 Å². The average molecular weight is 195 g/mol. The van der Waals surface area contributed by atoms with Crippen LogP contribution in [-0.2, 0) is 4.79 Å². The zero-order chi connectivity index (χ0) is 10.9. The van der Waals surface area contributed by atoms with Gasteiger partial charge in [0.1, 0.15) is 5.70 Å². The van der Waals surface area contributed by atoms with Gasteiger partial charge in [-0.2, -0.15) is 0 Å². The van der Waals surface area contributed by atoms with Crippen LogP contribution in [0.5, 0.6) is 0 Å². The molecule has 0 amide bonds. The van der Waals surface area contributed by atoms with E-state index in [-0.39, 0.29) is 11.1 Å². The van der Waals surface area contributed by atoms with Crippen LogP contribution in [0.4, 0.5) is 0 Å². The Bertz CT molecular complexity index is 319. The monoisotopic (exact) mass is 195 g/mol. The average Bonchev–Trinajstić information content (AvgIpc) is 2.02. The molecule has 3 heteroatoms. The molecule has 0 bridgehead atoms. The molecule has 3 nitrogen and oxygen atoms in total. The highest BCUT2D eigenvalue weighted by Crippen LogP contribution is 2.28.